The minimum Gasteiger partial charge on any atom is -0.480 e. The molecule has 0 radical (unpaired) electrons. The Kier molecular flexibility index (Phi) is 6.18. The Hall–Kier alpha value is -0.810. The third-order valence-corrected chi connectivity index (χ3v) is 2.86. The van der Waals surface area contributed by atoms with Gasteiger partial charge in [-0.2, -0.15) is 11.8 Å². The number of methoxy groups -OCH3 is 1. The van der Waals surface area contributed by atoms with Crippen LogP contribution in [-0.2, 0) is 0 Å². The number of ether oxygens (including phenoxy) is 1. The maximum Gasteiger partial charge on any atom is 0.237 e. The Labute approximate surface area is 101 Å². The van der Waals surface area contributed by atoms with Gasteiger partial charge in [0.05, 0.1) is 13.2 Å². The van der Waals surface area contributed by atoms with E-state index in [1.54, 1.807) is 31.3 Å². The average molecular weight is 241 g/mol. The zero-order valence-corrected chi connectivity index (χ0v) is 10.9. The summed E-state index contributed by atoms with van der Waals surface area (Å²) in [5.41, 5.74) is 0.896. The molecule has 1 N–H and O–H groups in total. The zero-order valence-electron chi connectivity index (χ0n) is 10.1. The highest BCUT2D eigenvalue weighted by atomic mass is 32.2. The molecule has 0 aliphatic carbocycles. The predicted molar refractivity (Wildman–Crippen MR) is 68.0 cm³/mol. The van der Waals surface area contributed by atoms with Crippen molar-refractivity contribution in [1.82, 2.24) is 15.3 Å². The third-order valence-electron chi connectivity index (χ3n) is 2.19. The van der Waals surface area contributed by atoms with E-state index < -0.39 is 0 Å². The minimum atomic E-state index is 0.207. The molecule has 0 aliphatic heterocycles. The molecule has 0 aliphatic rings. The topological polar surface area (TPSA) is 47.0 Å². The number of nitrogens with zero attached hydrogens (tertiary/aromatic N) is 2. The molecule has 1 heterocycles. The molecule has 1 aromatic heterocycles. The molecule has 0 amide bonds. The molecule has 1 unspecified atom stereocenters. The molecule has 0 spiro atoms. The van der Waals surface area contributed by atoms with Gasteiger partial charge in [-0.15, -0.1) is 0 Å². The standard InChI is InChI=1S/C11H19N3OS/c1-4-5-12-9(8-16-3)10-11(15-2)14-7-6-13-10/h6-7,9,12H,4-5,8H2,1-3H3. The van der Waals surface area contributed by atoms with Gasteiger partial charge in [-0.1, -0.05) is 6.92 Å². The summed E-state index contributed by atoms with van der Waals surface area (Å²) in [5.74, 6) is 1.58. The van der Waals surface area contributed by atoms with Crippen LogP contribution in [0.4, 0.5) is 0 Å². The molecular weight excluding hydrogens is 222 g/mol. The van der Waals surface area contributed by atoms with Gasteiger partial charge in [-0.3, -0.25) is 4.98 Å². The molecule has 1 atom stereocenters. The Morgan fingerprint density at radius 2 is 2.19 bits per heavy atom. The number of hydrogen-bond donors (Lipinski definition) is 1. The highest BCUT2D eigenvalue weighted by molar-refractivity contribution is 7.98. The summed E-state index contributed by atoms with van der Waals surface area (Å²) in [6.45, 7) is 3.13. The normalized spacial score (nSPS) is 12.4. The van der Waals surface area contributed by atoms with Crippen molar-refractivity contribution in [3.8, 4) is 5.88 Å². The summed E-state index contributed by atoms with van der Waals surface area (Å²) in [6, 6.07) is 0.207. The van der Waals surface area contributed by atoms with Crippen molar-refractivity contribution >= 4 is 11.8 Å². The molecule has 1 aromatic rings. The van der Waals surface area contributed by atoms with Crippen LogP contribution in [0, 0.1) is 0 Å². The second-order valence-corrected chi connectivity index (χ2v) is 4.32. The van der Waals surface area contributed by atoms with E-state index in [1.807, 2.05) is 0 Å². The summed E-state index contributed by atoms with van der Waals surface area (Å²) in [6.07, 6.45) is 6.55. The highest BCUT2D eigenvalue weighted by Crippen LogP contribution is 2.22. The van der Waals surface area contributed by atoms with Gasteiger partial charge >= 0.3 is 0 Å². The van der Waals surface area contributed by atoms with Crippen molar-refractivity contribution in [2.45, 2.75) is 19.4 Å². The monoisotopic (exact) mass is 241 g/mol. The van der Waals surface area contributed by atoms with Gasteiger partial charge in [-0.25, -0.2) is 4.98 Å². The van der Waals surface area contributed by atoms with Crippen molar-refractivity contribution in [1.29, 1.82) is 0 Å². The zero-order chi connectivity index (χ0) is 11.8. The smallest absolute Gasteiger partial charge is 0.237 e. The van der Waals surface area contributed by atoms with Crippen LogP contribution in [0.25, 0.3) is 0 Å². The van der Waals surface area contributed by atoms with E-state index in [0.717, 1.165) is 24.4 Å². The number of aromatic nitrogens is 2. The van der Waals surface area contributed by atoms with E-state index in [9.17, 15) is 0 Å². The molecule has 90 valence electrons. The van der Waals surface area contributed by atoms with E-state index in [4.69, 9.17) is 4.74 Å². The summed E-state index contributed by atoms with van der Waals surface area (Å²) >= 11 is 1.79. The summed E-state index contributed by atoms with van der Waals surface area (Å²) in [7, 11) is 1.63. The number of rotatable bonds is 7. The molecule has 0 bridgehead atoms. The Bertz CT molecular complexity index is 309. The van der Waals surface area contributed by atoms with Gasteiger partial charge in [0.15, 0.2) is 0 Å². The van der Waals surface area contributed by atoms with Crippen LogP contribution in [0.5, 0.6) is 5.88 Å². The van der Waals surface area contributed by atoms with Crippen LogP contribution in [0.3, 0.4) is 0 Å². The lowest BCUT2D eigenvalue weighted by molar-refractivity contribution is 0.380. The first-order valence-corrected chi connectivity index (χ1v) is 6.80. The number of nitrogens with one attached hydrogen (secondary N) is 1. The quantitative estimate of drug-likeness (QED) is 0.790. The second kappa shape index (κ2) is 7.46. The Morgan fingerprint density at radius 1 is 1.44 bits per heavy atom. The van der Waals surface area contributed by atoms with Crippen molar-refractivity contribution in [2.24, 2.45) is 0 Å². The van der Waals surface area contributed by atoms with Crippen LogP contribution >= 0.6 is 11.8 Å². The van der Waals surface area contributed by atoms with Crippen LogP contribution in [0.1, 0.15) is 25.1 Å². The van der Waals surface area contributed by atoms with Gasteiger partial charge in [0.1, 0.15) is 5.69 Å². The Morgan fingerprint density at radius 3 is 2.81 bits per heavy atom. The van der Waals surface area contributed by atoms with Crippen molar-refractivity contribution in [3.05, 3.63) is 18.1 Å². The predicted octanol–water partition coefficient (Wildman–Crippen LogP) is 1.89. The molecular formula is C11H19N3OS. The lowest BCUT2D eigenvalue weighted by Crippen LogP contribution is -2.25. The van der Waals surface area contributed by atoms with Crippen molar-refractivity contribution < 1.29 is 4.74 Å². The lowest BCUT2D eigenvalue weighted by Gasteiger charge is -2.18. The first kappa shape index (κ1) is 13.3. The van der Waals surface area contributed by atoms with E-state index in [2.05, 4.69) is 28.5 Å². The van der Waals surface area contributed by atoms with Gasteiger partial charge in [0, 0.05) is 18.1 Å². The first-order chi connectivity index (χ1) is 7.83. The van der Waals surface area contributed by atoms with E-state index in [1.165, 1.54) is 0 Å². The van der Waals surface area contributed by atoms with Gasteiger partial charge in [-0.05, 0) is 19.2 Å². The summed E-state index contributed by atoms with van der Waals surface area (Å²) in [4.78, 5) is 8.53. The van der Waals surface area contributed by atoms with Crippen molar-refractivity contribution in [2.75, 3.05) is 25.7 Å². The van der Waals surface area contributed by atoms with Gasteiger partial charge in [0.2, 0.25) is 5.88 Å². The van der Waals surface area contributed by atoms with Crippen molar-refractivity contribution in [3.63, 3.8) is 0 Å². The van der Waals surface area contributed by atoms with Crippen LogP contribution in [-0.4, -0.2) is 35.6 Å². The van der Waals surface area contributed by atoms with Gasteiger partial charge < -0.3 is 10.1 Å². The summed E-state index contributed by atoms with van der Waals surface area (Å²) < 4.78 is 5.23. The minimum absolute atomic E-state index is 0.207. The molecule has 4 nitrogen and oxygen atoms in total. The average Bonchev–Trinajstić information content (AvgIpc) is 2.34. The van der Waals surface area contributed by atoms with Crippen LogP contribution in [0.15, 0.2) is 12.4 Å². The van der Waals surface area contributed by atoms with Crippen LogP contribution in [0.2, 0.25) is 0 Å². The largest absolute Gasteiger partial charge is 0.480 e. The number of thioether (sulfide) groups is 1. The summed E-state index contributed by atoms with van der Waals surface area (Å²) in [5, 5.41) is 3.46. The SMILES string of the molecule is CCCNC(CSC)c1nccnc1OC. The molecule has 0 saturated carbocycles. The molecule has 5 heteroatoms. The Balaban J connectivity index is 2.81. The van der Waals surface area contributed by atoms with E-state index >= 15 is 0 Å². The fourth-order valence-electron chi connectivity index (χ4n) is 1.45. The molecule has 1 rings (SSSR count). The molecule has 16 heavy (non-hydrogen) atoms. The maximum absolute atomic E-state index is 5.23. The number of hydrogen-bond acceptors (Lipinski definition) is 5. The highest BCUT2D eigenvalue weighted by Gasteiger charge is 2.17. The molecule has 0 saturated heterocycles. The van der Waals surface area contributed by atoms with Crippen LogP contribution < -0.4 is 10.1 Å². The lowest BCUT2D eigenvalue weighted by atomic mass is 10.2. The van der Waals surface area contributed by atoms with E-state index in [0.29, 0.717) is 5.88 Å². The third kappa shape index (κ3) is 3.64. The van der Waals surface area contributed by atoms with Gasteiger partial charge in [0.25, 0.3) is 0 Å². The second-order valence-electron chi connectivity index (χ2n) is 3.41. The molecule has 0 aromatic carbocycles. The molecule has 0 fully saturated rings. The first-order valence-electron chi connectivity index (χ1n) is 5.40. The maximum atomic E-state index is 5.23. The fraction of sp³-hybridized carbons (Fsp3) is 0.636. The van der Waals surface area contributed by atoms with E-state index in [-0.39, 0.29) is 6.04 Å². The fourth-order valence-corrected chi connectivity index (χ4v) is 2.06.